The van der Waals surface area contributed by atoms with E-state index in [-0.39, 0.29) is 11.5 Å². The molecule has 5 nitrogen and oxygen atoms in total. The maximum atomic E-state index is 12.5. The lowest BCUT2D eigenvalue weighted by Gasteiger charge is -2.14. The zero-order chi connectivity index (χ0) is 21.3. The van der Waals surface area contributed by atoms with Gasteiger partial charge in [-0.15, -0.1) is 0 Å². The molecule has 0 saturated heterocycles. The topological polar surface area (TPSA) is 79.5 Å². The van der Waals surface area contributed by atoms with E-state index in [2.05, 4.69) is 6.07 Å². The van der Waals surface area contributed by atoms with Crippen molar-refractivity contribution < 1.29 is 19.4 Å². The molecule has 158 valence electrons. The number of hydrogen-bond acceptors (Lipinski definition) is 5. The minimum atomic E-state index is 0.0222. The number of Topliss-reactive ketones (excluding diaryl/α,β-unsaturated/α-hetero) is 1. The molecule has 1 saturated carbocycles. The second kappa shape index (κ2) is 10.7. The summed E-state index contributed by atoms with van der Waals surface area (Å²) < 4.78 is 11.5. The third-order valence-electron chi connectivity index (χ3n) is 5.68. The number of ether oxygens (including phenoxy) is 2. The first kappa shape index (κ1) is 21.7. The molecule has 0 unspecified atom stereocenters. The summed E-state index contributed by atoms with van der Waals surface area (Å²) in [7, 11) is 0. The van der Waals surface area contributed by atoms with Crippen molar-refractivity contribution in [2.45, 2.75) is 51.9 Å². The van der Waals surface area contributed by atoms with E-state index in [0.717, 1.165) is 31.4 Å². The third kappa shape index (κ3) is 5.76. The minimum absolute atomic E-state index is 0.0222. The molecule has 2 aromatic rings. The van der Waals surface area contributed by atoms with Crippen LogP contribution in [-0.2, 0) is 0 Å². The average Bonchev–Trinajstić information content (AvgIpc) is 3.26. The average molecular weight is 408 g/mol. The molecule has 1 aliphatic rings. The van der Waals surface area contributed by atoms with Gasteiger partial charge in [0.05, 0.1) is 30.4 Å². The van der Waals surface area contributed by atoms with Crippen molar-refractivity contribution in [3.63, 3.8) is 0 Å². The fourth-order valence-corrected chi connectivity index (χ4v) is 3.85. The van der Waals surface area contributed by atoms with Crippen molar-refractivity contribution in [1.29, 1.82) is 5.26 Å². The van der Waals surface area contributed by atoms with Crippen LogP contribution in [0.5, 0.6) is 17.2 Å². The summed E-state index contributed by atoms with van der Waals surface area (Å²) in [6.45, 7) is 2.85. The molecule has 5 heteroatoms. The summed E-state index contributed by atoms with van der Waals surface area (Å²) in [5, 5.41) is 19.3. The van der Waals surface area contributed by atoms with Gasteiger partial charge in [0.1, 0.15) is 17.2 Å². The molecule has 0 aromatic heterocycles. The molecule has 3 rings (SSSR count). The van der Waals surface area contributed by atoms with Gasteiger partial charge < -0.3 is 14.6 Å². The van der Waals surface area contributed by atoms with Gasteiger partial charge in [-0.05, 0) is 62.1 Å². The van der Waals surface area contributed by atoms with Gasteiger partial charge in [0.15, 0.2) is 5.78 Å². The third-order valence-corrected chi connectivity index (χ3v) is 5.68. The van der Waals surface area contributed by atoms with Crippen LogP contribution in [-0.4, -0.2) is 24.1 Å². The first-order valence-electron chi connectivity index (χ1n) is 10.7. The number of nitriles is 1. The second-order valence-corrected chi connectivity index (χ2v) is 7.90. The molecule has 1 fully saturated rings. The molecular formula is C25H29NO4. The monoisotopic (exact) mass is 407 g/mol. The number of unbranched alkanes of at least 4 members (excludes halogenated alkanes) is 1. The van der Waals surface area contributed by atoms with E-state index in [4.69, 9.17) is 14.7 Å². The van der Waals surface area contributed by atoms with Gasteiger partial charge >= 0.3 is 0 Å². The fraction of sp³-hybridized carbons (Fsp3) is 0.440. The molecule has 0 amide bonds. The van der Waals surface area contributed by atoms with Crippen LogP contribution in [0, 0.1) is 24.2 Å². The number of benzene rings is 2. The largest absolute Gasteiger partial charge is 0.507 e. The first-order chi connectivity index (χ1) is 14.6. The zero-order valence-electron chi connectivity index (χ0n) is 17.5. The van der Waals surface area contributed by atoms with Crippen LogP contribution in [0.25, 0.3) is 0 Å². The van der Waals surface area contributed by atoms with Gasteiger partial charge in [-0.1, -0.05) is 25.7 Å². The molecule has 0 aliphatic heterocycles. The summed E-state index contributed by atoms with van der Waals surface area (Å²) in [4.78, 5) is 12.5. The summed E-state index contributed by atoms with van der Waals surface area (Å²) in [5.41, 5.74) is 1.63. The lowest BCUT2D eigenvalue weighted by Crippen LogP contribution is -2.08. The maximum absolute atomic E-state index is 12.5. The van der Waals surface area contributed by atoms with Gasteiger partial charge in [-0.25, -0.2) is 0 Å². The summed E-state index contributed by atoms with van der Waals surface area (Å²) in [5.74, 6) is 1.87. The Balaban J connectivity index is 1.42. The lowest BCUT2D eigenvalue weighted by molar-refractivity contribution is 0.0959. The van der Waals surface area contributed by atoms with E-state index in [0.29, 0.717) is 48.0 Å². The number of hydrogen-bond donors (Lipinski definition) is 1. The quantitative estimate of drug-likeness (QED) is 0.411. The number of phenols is 1. The molecular weight excluding hydrogens is 378 g/mol. The van der Waals surface area contributed by atoms with E-state index >= 15 is 0 Å². The number of ketones is 1. The van der Waals surface area contributed by atoms with Crippen LogP contribution in [0.4, 0.5) is 0 Å². The van der Waals surface area contributed by atoms with E-state index in [1.54, 1.807) is 43.3 Å². The normalized spacial score (nSPS) is 13.7. The highest BCUT2D eigenvalue weighted by molar-refractivity contribution is 5.99. The highest BCUT2D eigenvalue weighted by atomic mass is 16.5. The molecule has 1 aliphatic carbocycles. The zero-order valence-corrected chi connectivity index (χ0v) is 17.5. The lowest BCUT2D eigenvalue weighted by atomic mass is 9.95. The van der Waals surface area contributed by atoms with Crippen LogP contribution in [0.2, 0.25) is 0 Å². The number of aromatic hydroxyl groups is 1. The van der Waals surface area contributed by atoms with E-state index in [9.17, 15) is 9.90 Å². The molecule has 0 atom stereocenters. The molecule has 2 aromatic carbocycles. The Labute approximate surface area is 178 Å². The molecule has 0 radical (unpaired) electrons. The molecule has 30 heavy (non-hydrogen) atoms. The van der Waals surface area contributed by atoms with Crippen LogP contribution >= 0.6 is 0 Å². The number of nitrogens with zero attached hydrogens (tertiary/aromatic N) is 1. The standard InChI is InChI=1S/C25H29NO4/c1-18-24(13-12-22(25(18)28)23(27)16-19-6-2-3-7-19)30-15-5-4-14-29-21-10-8-20(17-26)9-11-21/h8-13,19,28H,2-7,14-16H2,1H3. The van der Waals surface area contributed by atoms with Crippen molar-refractivity contribution in [2.24, 2.45) is 5.92 Å². The number of rotatable bonds is 10. The van der Waals surface area contributed by atoms with Gasteiger partial charge in [0, 0.05) is 12.0 Å². The summed E-state index contributed by atoms with van der Waals surface area (Å²) in [6.07, 6.45) is 6.78. The Bertz CT molecular complexity index is 893. The van der Waals surface area contributed by atoms with Gasteiger partial charge in [-0.3, -0.25) is 4.79 Å². The van der Waals surface area contributed by atoms with E-state index in [1.165, 1.54) is 12.8 Å². The van der Waals surface area contributed by atoms with Crippen LogP contribution < -0.4 is 9.47 Å². The van der Waals surface area contributed by atoms with Gasteiger partial charge in [-0.2, -0.15) is 5.26 Å². The Kier molecular flexibility index (Phi) is 7.73. The Morgan fingerprint density at radius 3 is 2.40 bits per heavy atom. The van der Waals surface area contributed by atoms with E-state index < -0.39 is 0 Å². The highest BCUT2D eigenvalue weighted by Gasteiger charge is 2.22. The minimum Gasteiger partial charge on any atom is -0.507 e. The van der Waals surface area contributed by atoms with Crippen LogP contribution in [0.15, 0.2) is 36.4 Å². The Morgan fingerprint density at radius 2 is 1.73 bits per heavy atom. The summed E-state index contributed by atoms with van der Waals surface area (Å²) in [6, 6.07) is 12.6. The smallest absolute Gasteiger partial charge is 0.166 e. The second-order valence-electron chi connectivity index (χ2n) is 7.90. The predicted molar refractivity (Wildman–Crippen MR) is 115 cm³/mol. The van der Waals surface area contributed by atoms with Gasteiger partial charge in [0.2, 0.25) is 0 Å². The van der Waals surface area contributed by atoms with Crippen molar-refractivity contribution in [3.8, 4) is 23.3 Å². The van der Waals surface area contributed by atoms with Gasteiger partial charge in [0.25, 0.3) is 0 Å². The number of phenolic OH excluding ortho intramolecular Hbond substituents is 1. The molecule has 1 N–H and O–H groups in total. The molecule has 0 spiro atoms. The van der Waals surface area contributed by atoms with Crippen molar-refractivity contribution in [2.75, 3.05) is 13.2 Å². The fourth-order valence-electron chi connectivity index (χ4n) is 3.85. The SMILES string of the molecule is Cc1c(OCCCCOc2ccc(C#N)cc2)ccc(C(=O)CC2CCCC2)c1O. The van der Waals surface area contributed by atoms with E-state index in [1.807, 2.05) is 0 Å². The highest BCUT2D eigenvalue weighted by Crippen LogP contribution is 2.34. The maximum Gasteiger partial charge on any atom is 0.166 e. The Morgan fingerprint density at radius 1 is 1.07 bits per heavy atom. The molecule has 0 heterocycles. The van der Waals surface area contributed by atoms with Crippen LogP contribution in [0.3, 0.4) is 0 Å². The van der Waals surface area contributed by atoms with Crippen LogP contribution in [0.1, 0.15) is 66.4 Å². The number of carbonyl (C=O) groups excluding carboxylic acids is 1. The summed E-state index contributed by atoms with van der Waals surface area (Å²) >= 11 is 0. The molecule has 0 bridgehead atoms. The first-order valence-corrected chi connectivity index (χ1v) is 10.7. The van der Waals surface area contributed by atoms with Crippen molar-refractivity contribution >= 4 is 5.78 Å². The predicted octanol–water partition coefficient (Wildman–Crippen LogP) is 5.57. The number of carbonyl (C=O) groups is 1. The van der Waals surface area contributed by atoms with Crippen molar-refractivity contribution in [1.82, 2.24) is 0 Å². The van der Waals surface area contributed by atoms with Crippen molar-refractivity contribution in [3.05, 3.63) is 53.1 Å². The Hall–Kier alpha value is -3.00.